The van der Waals surface area contributed by atoms with Crippen LogP contribution in [-0.2, 0) is 15.5 Å². The van der Waals surface area contributed by atoms with Gasteiger partial charge in [-0.3, -0.25) is 0 Å². The van der Waals surface area contributed by atoms with Crippen molar-refractivity contribution in [3.05, 3.63) is 57.3 Å². The molecule has 1 aromatic heterocycles. The van der Waals surface area contributed by atoms with Crippen LogP contribution in [0, 0.1) is 10.8 Å². The fourth-order valence-corrected chi connectivity index (χ4v) is 8.08. The van der Waals surface area contributed by atoms with Crippen molar-refractivity contribution in [1.29, 1.82) is 0 Å². The van der Waals surface area contributed by atoms with Crippen molar-refractivity contribution in [1.82, 2.24) is 0 Å². The minimum Gasteiger partial charge on any atom is -0.488 e. The number of allylic oxidation sites excluding steroid dienone is 2. The molecule has 242 valence electrons. The fourth-order valence-electron chi connectivity index (χ4n) is 5.36. The summed E-state index contributed by atoms with van der Waals surface area (Å²) < 4.78 is 19.8. The molecule has 0 saturated carbocycles. The Morgan fingerprint density at radius 2 is 1.42 bits per heavy atom. The Bertz CT molecular complexity index is 1150. The van der Waals surface area contributed by atoms with Crippen molar-refractivity contribution in [3.63, 3.8) is 0 Å². The Labute approximate surface area is 271 Å². The van der Waals surface area contributed by atoms with Gasteiger partial charge in [0.05, 0.1) is 17.8 Å². The molecule has 2 atom stereocenters. The molecule has 1 aromatic carbocycles. The molecule has 0 fully saturated rings. The van der Waals surface area contributed by atoms with E-state index in [1.54, 1.807) is 11.3 Å². The van der Waals surface area contributed by atoms with E-state index in [0.29, 0.717) is 6.61 Å². The number of thiophene rings is 1. The number of benzene rings is 1. The van der Waals surface area contributed by atoms with E-state index in [9.17, 15) is 5.11 Å². The summed E-state index contributed by atoms with van der Waals surface area (Å²) in [6.45, 7) is 29.3. The summed E-state index contributed by atoms with van der Waals surface area (Å²) in [7, 11) is -1.87. The van der Waals surface area contributed by atoms with Gasteiger partial charge in [0.15, 0.2) is 0 Å². The highest BCUT2D eigenvalue weighted by atomic mass is 32.1. The molecule has 4 nitrogen and oxygen atoms in total. The zero-order valence-corrected chi connectivity index (χ0v) is 32.3. The van der Waals surface area contributed by atoms with Crippen molar-refractivity contribution in [2.24, 2.45) is 10.8 Å². The minimum absolute atomic E-state index is 0.0250. The van der Waals surface area contributed by atoms with Crippen molar-refractivity contribution in [2.75, 3.05) is 0 Å². The van der Waals surface area contributed by atoms with E-state index in [1.165, 1.54) is 27.1 Å². The van der Waals surface area contributed by atoms with Crippen LogP contribution in [0.4, 0.5) is 0 Å². The third-order valence-electron chi connectivity index (χ3n) is 8.01. The van der Waals surface area contributed by atoms with Crippen LogP contribution in [0.5, 0.6) is 5.75 Å². The quantitative estimate of drug-likeness (QED) is 0.185. The zero-order valence-electron chi connectivity index (χ0n) is 29.4. The molecule has 0 aliphatic rings. The molecule has 0 aliphatic carbocycles. The smallest absolute Gasteiger partial charge is 0.205 e. The molecule has 7 heteroatoms. The maximum Gasteiger partial charge on any atom is 0.205 e. The van der Waals surface area contributed by atoms with E-state index in [2.05, 4.69) is 124 Å². The third-order valence-corrected chi connectivity index (χ3v) is 10.3. The summed E-state index contributed by atoms with van der Waals surface area (Å²) in [5.74, 6) is 0.864. The number of hydrogen-bond acceptors (Lipinski definition) is 5. The van der Waals surface area contributed by atoms with Gasteiger partial charge in [-0.05, 0) is 115 Å². The van der Waals surface area contributed by atoms with Crippen molar-refractivity contribution in [3.8, 4) is 5.75 Å². The Kier molecular flexibility index (Phi) is 14.4. The monoisotopic (exact) mass is 644 g/mol. The zero-order chi connectivity index (χ0) is 32.6. The van der Waals surface area contributed by atoms with E-state index in [0.717, 1.165) is 37.9 Å². The van der Waals surface area contributed by atoms with E-state index in [-0.39, 0.29) is 23.0 Å². The topological polar surface area (TPSA) is 47.9 Å². The SMILES string of the molecule is CCC(=CCCC(O)(CC)CC)c1csc(COc2ccc(C(O[Si](C)C)C(C)(C)C)c(C(O[Si](C)C)C(C)(C)C)c2)c1. The molecular formula is C36H60O4SSi2. The third kappa shape index (κ3) is 11.6. The van der Waals surface area contributed by atoms with Gasteiger partial charge in [-0.1, -0.05) is 74.5 Å². The van der Waals surface area contributed by atoms with Crippen LogP contribution in [0.25, 0.3) is 5.57 Å². The summed E-state index contributed by atoms with van der Waals surface area (Å²) >= 11 is 1.75. The Morgan fingerprint density at radius 1 is 0.860 bits per heavy atom. The van der Waals surface area contributed by atoms with Crippen LogP contribution in [0.2, 0.25) is 26.2 Å². The number of aliphatic hydroxyl groups is 1. The predicted molar refractivity (Wildman–Crippen MR) is 190 cm³/mol. The largest absolute Gasteiger partial charge is 0.488 e. The highest BCUT2D eigenvalue weighted by Gasteiger charge is 2.36. The lowest BCUT2D eigenvalue weighted by Gasteiger charge is -2.39. The maximum atomic E-state index is 10.7. The summed E-state index contributed by atoms with van der Waals surface area (Å²) in [6, 6.07) is 8.80. The lowest BCUT2D eigenvalue weighted by Crippen LogP contribution is -2.31. The molecule has 2 unspecified atom stereocenters. The van der Waals surface area contributed by atoms with Gasteiger partial charge < -0.3 is 18.7 Å². The molecule has 1 heterocycles. The van der Waals surface area contributed by atoms with Gasteiger partial charge >= 0.3 is 0 Å². The van der Waals surface area contributed by atoms with Crippen LogP contribution in [0.3, 0.4) is 0 Å². The summed E-state index contributed by atoms with van der Waals surface area (Å²) in [4.78, 5) is 1.20. The van der Waals surface area contributed by atoms with Gasteiger partial charge in [-0.25, -0.2) is 0 Å². The standard InChI is InChI=1S/C36H60O4SSi2/c1-14-26(18-17-21-36(37,15-2)16-3)27-22-29(41-25-27)24-38-28-19-20-30(32(34(4,5)6)39-42(10)11)31(23-28)33(35(7,8)9)40-43(12)13/h18-20,22-23,25,32-33,37H,14-17,21,24H2,1-13H3. The molecule has 1 N–H and O–H groups in total. The summed E-state index contributed by atoms with van der Waals surface area (Å²) in [5.41, 5.74) is 4.30. The van der Waals surface area contributed by atoms with Crippen LogP contribution < -0.4 is 4.74 Å². The van der Waals surface area contributed by atoms with E-state index < -0.39 is 23.7 Å². The number of hydrogen-bond donors (Lipinski definition) is 1. The van der Waals surface area contributed by atoms with Gasteiger partial charge in [-0.2, -0.15) is 0 Å². The maximum absolute atomic E-state index is 10.7. The van der Waals surface area contributed by atoms with Crippen LogP contribution in [0.1, 0.15) is 128 Å². The first-order valence-corrected chi connectivity index (χ1v) is 21.8. The molecule has 0 bridgehead atoms. The van der Waals surface area contributed by atoms with E-state index >= 15 is 0 Å². The highest BCUT2D eigenvalue weighted by Crippen LogP contribution is 2.46. The van der Waals surface area contributed by atoms with E-state index in [4.69, 9.17) is 13.6 Å². The Morgan fingerprint density at radius 3 is 1.91 bits per heavy atom. The number of ether oxygens (including phenoxy) is 1. The average Bonchev–Trinajstić information content (AvgIpc) is 3.39. The molecule has 0 spiro atoms. The second-order valence-corrected chi connectivity index (χ2v) is 19.6. The molecule has 0 amide bonds. The molecule has 2 aromatic rings. The molecule has 0 saturated heterocycles. The molecule has 43 heavy (non-hydrogen) atoms. The molecule has 2 radical (unpaired) electrons. The second-order valence-electron chi connectivity index (χ2n) is 14.5. The Balaban J connectivity index is 2.38. The van der Waals surface area contributed by atoms with Gasteiger partial charge in [0.25, 0.3) is 0 Å². The van der Waals surface area contributed by atoms with Gasteiger partial charge in [0.2, 0.25) is 18.1 Å². The first kappa shape index (κ1) is 38.0. The lowest BCUT2D eigenvalue weighted by atomic mass is 9.77. The first-order valence-electron chi connectivity index (χ1n) is 16.1. The fraction of sp³-hybridized carbons (Fsp3) is 0.667. The first-order chi connectivity index (χ1) is 19.9. The van der Waals surface area contributed by atoms with Gasteiger partial charge in [0.1, 0.15) is 12.4 Å². The predicted octanol–water partition coefficient (Wildman–Crippen LogP) is 11.2. The lowest BCUT2D eigenvalue weighted by molar-refractivity contribution is 0.0246. The van der Waals surface area contributed by atoms with Crippen molar-refractivity contribution >= 4 is 35.0 Å². The van der Waals surface area contributed by atoms with Crippen LogP contribution in [0.15, 0.2) is 35.7 Å². The normalized spacial score (nSPS) is 14.9. The Hall–Kier alpha value is -1.23. The second kappa shape index (κ2) is 16.4. The average molecular weight is 645 g/mol. The van der Waals surface area contributed by atoms with Gasteiger partial charge in [-0.15, -0.1) is 11.3 Å². The van der Waals surface area contributed by atoms with Gasteiger partial charge in [0, 0.05) is 4.88 Å². The number of rotatable bonds is 16. The highest BCUT2D eigenvalue weighted by molar-refractivity contribution is 7.10. The van der Waals surface area contributed by atoms with Crippen LogP contribution >= 0.6 is 11.3 Å². The molecule has 0 aliphatic heterocycles. The van der Waals surface area contributed by atoms with Crippen LogP contribution in [-0.4, -0.2) is 28.8 Å². The minimum atomic E-state index is -0.948. The van der Waals surface area contributed by atoms with E-state index in [1.807, 2.05) is 0 Å². The molecular weight excluding hydrogens is 585 g/mol. The molecule has 2 rings (SSSR count). The summed E-state index contributed by atoms with van der Waals surface area (Å²) in [5, 5.41) is 12.9. The summed E-state index contributed by atoms with van der Waals surface area (Å²) in [6.07, 6.45) is 6.49. The van der Waals surface area contributed by atoms with Crippen molar-refractivity contribution < 1.29 is 18.7 Å². The van der Waals surface area contributed by atoms with Crippen molar-refractivity contribution in [2.45, 2.75) is 145 Å².